The van der Waals surface area contributed by atoms with Crippen molar-refractivity contribution in [2.75, 3.05) is 26.2 Å². The van der Waals surface area contributed by atoms with Gasteiger partial charge >= 0.3 is 0 Å². The molecule has 0 bridgehead atoms. The number of ketones is 1. The van der Waals surface area contributed by atoms with Gasteiger partial charge in [-0.1, -0.05) is 26.0 Å². The highest BCUT2D eigenvalue weighted by molar-refractivity contribution is 6.46. The highest BCUT2D eigenvalue weighted by Gasteiger charge is 2.46. The Labute approximate surface area is 188 Å². The molecule has 2 atom stereocenters. The van der Waals surface area contributed by atoms with Crippen molar-refractivity contribution < 1.29 is 19.4 Å². The quantitative estimate of drug-likeness (QED) is 0.409. The van der Waals surface area contributed by atoms with E-state index in [-0.39, 0.29) is 17.4 Å². The molecule has 1 amide bonds. The van der Waals surface area contributed by atoms with Crippen LogP contribution < -0.4 is 4.74 Å². The first kappa shape index (κ1) is 22.0. The highest BCUT2D eigenvalue weighted by Crippen LogP contribution is 2.40. The van der Waals surface area contributed by atoms with Crippen LogP contribution in [0.1, 0.15) is 43.5 Å². The Morgan fingerprint density at radius 1 is 1.19 bits per heavy atom. The molecule has 1 aromatic carbocycles. The molecule has 1 aromatic heterocycles. The van der Waals surface area contributed by atoms with E-state index in [0.29, 0.717) is 24.4 Å². The summed E-state index contributed by atoms with van der Waals surface area (Å²) in [7, 11) is 0. The zero-order valence-electron chi connectivity index (χ0n) is 18.7. The number of amides is 1. The largest absolute Gasteiger partial charge is 0.507 e. The summed E-state index contributed by atoms with van der Waals surface area (Å²) in [6, 6.07) is 8.33. The van der Waals surface area contributed by atoms with Gasteiger partial charge in [0.25, 0.3) is 11.7 Å². The second kappa shape index (κ2) is 9.12. The fourth-order valence-corrected chi connectivity index (χ4v) is 4.50. The fraction of sp³-hybridized carbons (Fsp3) is 0.400. The molecule has 2 aliphatic rings. The number of rotatable bonds is 7. The Hall–Kier alpha value is -3.19. The number of aliphatic hydroxyl groups excluding tert-OH is 1. The van der Waals surface area contributed by atoms with Crippen molar-refractivity contribution in [2.24, 2.45) is 0 Å². The van der Waals surface area contributed by atoms with E-state index in [1.165, 1.54) is 0 Å². The molecule has 0 aliphatic carbocycles. The molecule has 0 radical (unpaired) electrons. The second-order valence-corrected chi connectivity index (χ2v) is 8.26. The van der Waals surface area contributed by atoms with Gasteiger partial charge in [0.15, 0.2) is 0 Å². The number of carbonyl (C=O) groups excluding carboxylic acids is 2. The van der Waals surface area contributed by atoms with E-state index in [9.17, 15) is 14.7 Å². The number of aromatic nitrogens is 1. The highest BCUT2D eigenvalue weighted by atomic mass is 16.5. The first-order chi connectivity index (χ1) is 15.4. The molecule has 1 saturated heterocycles. The minimum atomic E-state index is -0.668. The predicted molar refractivity (Wildman–Crippen MR) is 121 cm³/mol. The van der Waals surface area contributed by atoms with Crippen molar-refractivity contribution in [3.8, 4) is 5.75 Å². The second-order valence-electron chi connectivity index (χ2n) is 8.26. The van der Waals surface area contributed by atoms with Gasteiger partial charge in [-0.15, -0.1) is 0 Å². The molecule has 0 spiro atoms. The number of fused-ring (bicyclic) bond motifs is 1. The molecule has 32 heavy (non-hydrogen) atoms. The SMILES string of the molecule is CCN(CC)CCN1C(=O)C(=O)C(=C(O)c2ccc3c(c2)O[C@H](C)C3)[C@H]1c1ccncc1. The number of likely N-dealkylation sites (N-methyl/N-ethyl adjacent to an activating group) is 1. The maximum Gasteiger partial charge on any atom is 0.295 e. The lowest BCUT2D eigenvalue weighted by Crippen LogP contribution is -2.38. The van der Waals surface area contributed by atoms with Crippen LogP contribution in [0.4, 0.5) is 0 Å². The third-order valence-corrected chi connectivity index (χ3v) is 6.29. The number of hydrogen-bond acceptors (Lipinski definition) is 6. The van der Waals surface area contributed by atoms with Crippen LogP contribution in [0.5, 0.6) is 5.75 Å². The first-order valence-electron chi connectivity index (χ1n) is 11.1. The number of pyridine rings is 1. The molecule has 0 saturated carbocycles. The van der Waals surface area contributed by atoms with Gasteiger partial charge < -0.3 is 19.6 Å². The molecule has 1 N–H and O–H groups in total. The summed E-state index contributed by atoms with van der Waals surface area (Å²) >= 11 is 0. The van der Waals surface area contributed by atoms with Crippen molar-refractivity contribution in [1.82, 2.24) is 14.8 Å². The molecule has 7 nitrogen and oxygen atoms in total. The Balaban J connectivity index is 1.76. The number of ether oxygens (including phenoxy) is 1. The number of likely N-dealkylation sites (tertiary alicyclic amines) is 1. The van der Waals surface area contributed by atoms with Crippen LogP contribution in [0.25, 0.3) is 5.76 Å². The van der Waals surface area contributed by atoms with Gasteiger partial charge in [0.2, 0.25) is 0 Å². The topological polar surface area (TPSA) is 83.0 Å². The van der Waals surface area contributed by atoms with Gasteiger partial charge in [0.05, 0.1) is 11.6 Å². The zero-order valence-corrected chi connectivity index (χ0v) is 18.7. The third kappa shape index (κ3) is 4.00. The summed E-state index contributed by atoms with van der Waals surface area (Å²) in [4.78, 5) is 34.0. The number of carbonyl (C=O) groups is 2. The maximum atomic E-state index is 13.1. The number of hydrogen-bond donors (Lipinski definition) is 1. The summed E-state index contributed by atoms with van der Waals surface area (Å²) in [5, 5.41) is 11.2. The van der Waals surface area contributed by atoms with E-state index < -0.39 is 17.7 Å². The van der Waals surface area contributed by atoms with Crippen molar-refractivity contribution in [3.63, 3.8) is 0 Å². The molecule has 3 heterocycles. The van der Waals surface area contributed by atoms with Crippen LogP contribution in [0, 0.1) is 0 Å². The monoisotopic (exact) mass is 435 g/mol. The Bertz CT molecular complexity index is 1050. The van der Waals surface area contributed by atoms with Gasteiger partial charge in [-0.2, -0.15) is 0 Å². The summed E-state index contributed by atoms with van der Waals surface area (Å²) in [5.74, 6) is -0.732. The summed E-state index contributed by atoms with van der Waals surface area (Å²) < 4.78 is 5.82. The van der Waals surface area contributed by atoms with Crippen LogP contribution in [0.15, 0.2) is 48.3 Å². The minimum Gasteiger partial charge on any atom is -0.507 e. The molecule has 168 valence electrons. The number of benzene rings is 1. The van der Waals surface area contributed by atoms with Crippen LogP contribution in [-0.2, 0) is 16.0 Å². The predicted octanol–water partition coefficient (Wildman–Crippen LogP) is 3.17. The molecule has 2 aliphatic heterocycles. The van der Waals surface area contributed by atoms with Crippen molar-refractivity contribution in [2.45, 2.75) is 39.3 Å². The van der Waals surface area contributed by atoms with Gasteiger partial charge in [0.1, 0.15) is 17.6 Å². The van der Waals surface area contributed by atoms with Crippen molar-refractivity contribution in [1.29, 1.82) is 0 Å². The van der Waals surface area contributed by atoms with Gasteiger partial charge in [-0.3, -0.25) is 14.6 Å². The van der Waals surface area contributed by atoms with E-state index >= 15 is 0 Å². The maximum absolute atomic E-state index is 13.1. The molecule has 7 heteroatoms. The first-order valence-corrected chi connectivity index (χ1v) is 11.1. The summed E-state index contributed by atoms with van der Waals surface area (Å²) in [6.07, 6.45) is 4.14. The van der Waals surface area contributed by atoms with E-state index in [1.807, 2.05) is 13.0 Å². The van der Waals surface area contributed by atoms with Gasteiger partial charge in [-0.05, 0) is 49.3 Å². The summed E-state index contributed by atoms with van der Waals surface area (Å²) in [5.41, 5.74) is 2.39. The molecule has 1 fully saturated rings. The molecule has 0 unspecified atom stereocenters. The lowest BCUT2D eigenvalue weighted by atomic mass is 9.95. The number of aliphatic hydroxyl groups is 1. The molecular weight excluding hydrogens is 406 g/mol. The van der Waals surface area contributed by atoms with Crippen LogP contribution in [-0.4, -0.2) is 63.9 Å². The smallest absolute Gasteiger partial charge is 0.295 e. The number of nitrogens with zero attached hydrogens (tertiary/aromatic N) is 3. The van der Waals surface area contributed by atoms with Crippen LogP contribution >= 0.6 is 0 Å². The van der Waals surface area contributed by atoms with E-state index in [0.717, 1.165) is 30.6 Å². The average Bonchev–Trinajstić information content (AvgIpc) is 3.30. The van der Waals surface area contributed by atoms with Crippen molar-refractivity contribution >= 4 is 17.4 Å². The van der Waals surface area contributed by atoms with E-state index in [2.05, 4.69) is 23.7 Å². The number of Topliss-reactive ketones (excluding diaryl/α,β-unsaturated/α-hetero) is 1. The molecule has 4 rings (SSSR count). The standard InChI is InChI=1S/C25H29N3O4/c1-4-27(5-2)12-13-28-22(17-8-10-26-11-9-17)21(24(30)25(28)31)23(29)19-7-6-18-14-16(3)32-20(18)15-19/h6-11,15-16,22,29H,4-5,12-14H2,1-3H3/t16-,22-/m1/s1. The average molecular weight is 436 g/mol. The van der Waals surface area contributed by atoms with Gasteiger partial charge in [0, 0.05) is 37.5 Å². The van der Waals surface area contributed by atoms with Crippen LogP contribution in [0.2, 0.25) is 0 Å². The van der Waals surface area contributed by atoms with Crippen molar-refractivity contribution in [3.05, 3.63) is 65.0 Å². The Morgan fingerprint density at radius 3 is 2.59 bits per heavy atom. The lowest BCUT2D eigenvalue weighted by molar-refractivity contribution is -0.140. The Kier molecular flexibility index (Phi) is 6.28. The lowest BCUT2D eigenvalue weighted by Gasteiger charge is -2.28. The third-order valence-electron chi connectivity index (χ3n) is 6.29. The zero-order chi connectivity index (χ0) is 22.8. The molecule has 2 aromatic rings. The van der Waals surface area contributed by atoms with Gasteiger partial charge in [-0.25, -0.2) is 0 Å². The van der Waals surface area contributed by atoms with Crippen LogP contribution in [0.3, 0.4) is 0 Å². The van der Waals surface area contributed by atoms with E-state index in [1.54, 1.807) is 41.6 Å². The fourth-order valence-electron chi connectivity index (χ4n) is 4.50. The minimum absolute atomic E-state index is 0.0740. The van der Waals surface area contributed by atoms with E-state index in [4.69, 9.17) is 4.74 Å². The summed E-state index contributed by atoms with van der Waals surface area (Å²) in [6.45, 7) is 8.86. The molecular formula is C25H29N3O4. The normalized spacial score (nSPS) is 21.8. The Morgan fingerprint density at radius 2 is 1.91 bits per heavy atom.